The van der Waals surface area contributed by atoms with E-state index in [1.807, 2.05) is 11.6 Å². The fourth-order valence-corrected chi connectivity index (χ4v) is 7.14. The van der Waals surface area contributed by atoms with E-state index in [-0.39, 0.29) is 17.7 Å². The van der Waals surface area contributed by atoms with Gasteiger partial charge in [-0.3, -0.25) is 4.90 Å². The fraction of sp³-hybridized carbons (Fsp3) is 0.457. The van der Waals surface area contributed by atoms with Crippen LogP contribution in [0.5, 0.6) is 0 Å². The summed E-state index contributed by atoms with van der Waals surface area (Å²) in [6, 6.07) is 20.4. The van der Waals surface area contributed by atoms with E-state index < -0.39 is 15.8 Å². The van der Waals surface area contributed by atoms with Gasteiger partial charge in [-0.15, -0.1) is 0 Å². The zero-order valence-electron chi connectivity index (χ0n) is 27.1. The van der Waals surface area contributed by atoms with Crippen molar-refractivity contribution in [3.8, 4) is 22.5 Å². The van der Waals surface area contributed by atoms with Gasteiger partial charge in [0.1, 0.15) is 11.3 Å². The standard InChI is InChI=1S/C35H44F2N6O2S/c1-25(2)42-19-21-43(22-20-42)29-9-5-26(6-10-29)28-23-31(38-15-18-41-16-13-35(36,37)14-17-41)33-32(24-28)40(3)34(39-33)27-7-11-30(12-8-27)46(4,44)45/h5-12,23-25,38H,13-22H2,1-4H3. The molecule has 6 rings (SSSR count). The number of hydrogen-bond donors (Lipinski definition) is 1. The number of anilines is 2. The van der Waals surface area contributed by atoms with Gasteiger partial charge in [-0.2, -0.15) is 0 Å². The molecule has 8 nitrogen and oxygen atoms in total. The Balaban J connectivity index is 1.29. The summed E-state index contributed by atoms with van der Waals surface area (Å²) in [5.74, 6) is -1.84. The number of aromatic nitrogens is 2. The van der Waals surface area contributed by atoms with Gasteiger partial charge in [-0.05, 0) is 73.5 Å². The summed E-state index contributed by atoms with van der Waals surface area (Å²) < 4.78 is 53.5. The molecular formula is C35H44F2N6O2S. The Labute approximate surface area is 270 Å². The minimum absolute atomic E-state index is 0.0993. The van der Waals surface area contributed by atoms with E-state index in [1.54, 1.807) is 24.3 Å². The average Bonchev–Trinajstić information content (AvgIpc) is 3.37. The number of piperidine rings is 1. The number of nitrogens with zero attached hydrogens (tertiary/aromatic N) is 5. The fourth-order valence-electron chi connectivity index (χ4n) is 6.51. The number of nitrogens with one attached hydrogen (secondary N) is 1. The number of piperazine rings is 1. The van der Waals surface area contributed by atoms with E-state index >= 15 is 0 Å². The summed E-state index contributed by atoms with van der Waals surface area (Å²) in [5, 5.41) is 3.57. The third kappa shape index (κ3) is 7.06. The minimum atomic E-state index is -3.31. The van der Waals surface area contributed by atoms with E-state index in [0.717, 1.165) is 65.4 Å². The SMILES string of the molecule is CC(C)N1CCN(c2ccc(-c3cc(NCCN4CCC(F)(F)CC4)c4nc(-c5ccc(S(C)(=O)=O)cc5)n(C)c4c3)cc2)CC1. The highest BCUT2D eigenvalue weighted by Gasteiger charge is 2.33. The maximum atomic E-state index is 13.7. The summed E-state index contributed by atoms with van der Waals surface area (Å²) >= 11 is 0. The monoisotopic (exact) mass is 650 g/mol. The number of rotatable bonds is 9. The molecule has 1 N–H and O–H groups in total. The normalized spacial score (nSPS) is 18.0. The Morgan fingerprint density at radius 2 is 1.50 bits per heavy atom. The van der Waals surface area contributed by atoms with Crippen LogP contribution in [-0.4, -0.2) is 98.3 Å². The maximum absolute atomic E-state index is 13.7. The molecule has 0 aliphatic carbocycles. The summed E-state index contributed by atoms with van der Waals surface area (Å²) in [6.07, 6.45) is 1.00. The highest BCUT2D eigenvalue weighted by molar-refractivity contribution is 7.90. The molecule has 2 saturated heterocycles. The number of imidazole rings is 1. The van der Waals surface area contributed by atoms with Crippen molar-refractivity contribution >= 4 is 32.2 Å². The number of likely N-dealkylation sites (tertiary alicyclic amines) is 1. The van der Waals surface area contributed by atoms with Crippen LogP contribution in [0.4, 0.5) is 20.2 Å². The van der Waals surface area contributed by atoms with Gasteiger partial charge in [-0.1, -0.05) is 12.1 Å². The number of hydrogen-bond acceptors (Lipinski definition) is 7. The summed E-state index contributed by atoms with van der Waals surface area (Å²) in [6.45, 7) is 10.7. The van der Waals surface area contributed by atoms with Gasteiger partial charge < -0.3 is 19.7 Å². The molecule has 1 aromatic heterocycles. The third-order valence-corrected chi connectivity index (χ3v) is 10.6. The molecular weight excluding hydrogens is 606 g/mol. The lowest BCUT2D eigenvalue weighted by Crippen LogP contribution is -2.48. The van der Waals surface area contributed by atoms with Gasteiger partial charge in [0.15, 0.2) is 9.84 Å². The van der Waals surface area contributed by atoms with E-state index in [4.69, 9.17) is 4.98 Å². The van der Waals surface area contributed by atoms with Crippen LogP contribution in [0.1, 0.15) is 26.7 Å². The first-order valence-corrected chi connectivity index (χ1v) is 18.0. The molecule has 3 heterocycles. The van der Waals surface area contributed by atoms with Crippen molar-refractivity contribution in [3.63, 3.8) is 0 Å². The van der Waals surface area contributed by atoms with Crippen LogP contribution in [0.15, 0.2) is 65.6 Å². The quantitative estimate of drug-likeness (QED) is 0.239. The predicted molar refractivity (Wildman–Crippen MR) is 183 cm³/mol. The molecule has 0 amide bonds. The number of alkyl halides is 2. The van der Waals surface area contributed by atoms with Gasteiger partial charge in [0, 0.05) is 95.8 Å². The lowest BCUT2D eigenvalue weighted by Gasteiger charge is -2.38. The summed E-state index contributed by atoms with van der Waals surface area (Å²) in [4.78, 5) is 12.3. The van der Waals surface area contributed by atoms with E-state index in [2.05, 4.69) is 70.3 Å². The molecule has 11 heteroatoms. The molecule has 0 atom stereocenters. The van der Waals surface area contributed by atoms with Crippen LogP contribution >= 0.6 is 0 Å². The predicted octanol–water partition coefficient (Wildman–Crippen LogP) is 5.98. The van der Waals surface area contributed by atoms with Crippen LogP contribution in [0.2, 0.25) is 0 Å². The lowest BCUT2D eigenvalue weighted by molar-refractivity contribution is -0.0543. The Morgan fingerprint density at radius 1 is 0.870 bits per heavy atom. The van der Waals surface area contributed by atoms with Crippen molar-refractivity contribution in [3.05, 3.63) is 60.7 Å². The van der Waals surface area contributed by atoms with Crippen molar-refractivity contribution in [2.45, 2.75) is 43.5 Å². The molecule has 3 aromatic carbocycles. The Kier molecular flexibility index (Phi) is 9.11. The first-order chi connectivity index (χ1) is 21.9. The van der Waals surface area contributed by atoms with E-state index in [9.17, 15) is 17.2 Å². The van der Waals surface area contributed by atoms with Crippen molar-refractivity contribution in [1.82, 2.24) is 19.4 Å². The smallest absolute Gasteiger partial charge is 0.250 e. The molecule has 0 bridgehead atoms. The second-order valence-electron chi connectivity index (χ2n) is 13.0. The molecule has 2 aliphatic heterocycles. The van der Waals surface area contributed by atoms with Crippen LogP contribution < -0.4 is 10.2 Å². The van der Waals surface area contributed by atoms with E-state index in [0.29, 0.717) is 32.2 Å². The van der Waals surface area contributed by atoms with Crippen molar-refractivity contribution in [1.29, 1.82) is 0 Å². The number of halogens is 2. The highest BCUT2D eigenvalue weighted by Crippen LogP contribution is 2.35. The summed E-state index contributed by atoms with van der Waals surface area (Å²) in [5.41, 5.74) is 6.79. The minimum Gasteiger partial charge on any atom is -0.382 e. The van der Waals surface area contributed by atoms with Gasteiger partial charge in [-0.25, -0.2) is 22.2 Å². The topological polar surface area (TPSA) is 73.7 Å². The van der Waals surface area contributed by atoms with Gasteiger partial charge in [0.2, 0.25) is 0 Å². The zero-order valence-corrected chi connectivity index (χ0v) is 28.0. The Morgan fingerprint density at radius 3 is 2.11 bits per heavy atom. The number of aryl methyl sites for hydroxylation is 1. The maximum Gasteiger partial charge on any atom is 0.250 e. The molecule has 0 spiro atoms. The molecule has 0 unspecified atom stereocenters. The summed E-state index contributed by atoms with van der Waals surface area (Å²) in [7, 11) is -1.34. The molecule has 2 aliphatic rings. The Hall–Kier alpha value is -3.54. The van der Waals surface area contributed by atoms with Crippen molar-refractivity contribution < 1.29 is 17.2 Å². The van der Waals surface area contributed by atoms with E-state index in [1.165, 1.54) is 11.9 Å². The van der Waals surface area contributed by atoms with Crippen LogP contribution in [-0.2, 0) is 16.9 Å². The van der Waals surface area contributed by atoms with Crippen LogP contribution in [0.25, 0.3) is 33.5 Å². The van der Waals surface area contributed by atoms with Crippen LogP contribution in [0.3, 0.4) is 0 Å². The van der Waals surface area contributed by atoms with Crippen LogP contribution in [0, 0.1) is 0 Å². The largest absolute Gasteiger partial charge is 0.382 e. The molecule has 4 aromatic rings. The zero-order chi connectivity index (χ0) is 32.6. The van der Waals surface area contributed by atoms with Crippen molar-refractivity contribution in [2.24, 2.45) is 7.05 Å². The molecule has 2 fully saturated rings. The first kappa shape index (κ1) is 32.4. The van der Waals surface area contributed by atoms with Crippen molar-refractivity contribution in [2.75, 3.05) is 68.8 Å². The second kappa shape index (κ2) is 12.9. The molecule has 0 saturated carbocycles. The average molecular weight is 651 g/mol. The number of fused-ring (bicyclic) bond motifs is 1. The highest BCUT2D eigenvalue weighted by atomic mass is 32.2. The molecule has 246 valence electrons. The number of benzene rings is 3. The third-order valence-electron chi connectivity index (χ3n) is 9.47. The molecule has 46 heavy (non-hydrogen) atoms. The number of sulfone groups is 1. The first-order valence-electron chi connectivity index (χ1n) is 16.1. The van der Waals surface area contributed by atoms with Gasteiger partial charge >= 0.3 is 0 Å². The molecule has 0 radical (unpaired) electrons. The Bertz CT molecular complexity index is 1770. The van der Waals surface area contributed by atoms with Gasteiger partial charge in [0.05, 0.1) is 16.1 Å². The lowest BCUT2D eigenvalue weighted by atomic mass is 10.0. The second-order valence-corrected chi connectivity index (χ2v) is 15.0. The van der Waals surface area contributed by atoms with Gasteiger partial charge in [0.25, 0.3) is 5.92 Å².